The Labute approximate surface area is 321 Å². The predicted molar refractivity (Wildman–Crippen MR) is 202 cm³/mol. The maximum Gasteiger partial charge on any atom is 0.410 e. The molecule has 1 saturated carbocycles. The van der Waals surface area contributed by atoms with E-state index in [4.69, 9.17) is 9.47 Å². The summed E-state index contributed by atoms with van der Waals surface area (Å²) in [6.45, 7) is 7.53. The number of rotatable bonds is 6. The van der Waals surface area contributed by atoms with Crippen molar-refractivity contribution in [2.45, 2.75) is 115 Å². The fourth-order valence-corrected chi connectivity index (χ4v) is 8.23. The molecule has 2 aromatic rings. The van der Waals surface area contributed by atoms with E-state index in [1.54, 1.807) is 49.9 Å². The molecule has 5 atom stereocenters. The molecule has 1 aliphatic carbocycles. The van der Waals surface area contributed by atoms with Gasteiger partial charge in [-0.05, 0) is 76.6 Å². The topological polar surface area (TPSA) is 193 Å². The van der Waals surface area contributed by atoms with Crippen molar-refractivity contribution in [2.75, 3.05) is 11.3 Å². The first-order chi connectivity index (χ1) is 26.0. The third kappa shape index (κ3) is 9.77. The number of carbonyl (C=O) groups excluding carboxylic acids is 5. The van der Waals surface area contributed by atoms with E-state index in [2.05, 4.69) is 20.1 Å². The average Bonchev–Trinajstić information content (AvgIpc) is 3.41. The van der Waals surface area contributed by atoms with E-state index in [1.165, 1.54) is 4.90 Å². The van der Waals surface area contributed by atoms with Crippen molar-refractivity contribution in [2.24, 2.45) is 5.92 Å². The molecule has 15 nitrogen and oxygen atoms in total. The van der Waals surface area contributed by atoms with Crippen LogP contribution in [0.3, 0.4) is 0 Å². The molecule has 4 aliphatic rings. The Morgan fingerprint density at radius 3 is 2.33 bits per heavy atom. The molecular weight excluding hydrogens is 729 g/mol. The number of hydrogen-bond donors (Lipinski definition) is 4. The molecule has 16 heteroatoms. The maximum absolute atomic E-state index is 14.4. The third-order valence-corrected chi connectivity index (χ3v) is 11.2. The van der Waals surface area contributed by atoms with Crippen molar-refractivity contribution < 1.29 is 41.9 Å². The van der Waals surface area contributed by atoms with Crippen LogP contribution in [-0.2, 0) is 47.2 Å². The normalized spacial score (nSPS) is 25.6. The van der Waals surface area contributed by atoms with Gasteiger partial charge < -0.3 is 25.0 Å². The number of benzene rings is 2. The van der Waals surface area contributed by atoms with Crippen LogP contribution < -0.4 is 20.1 Å². The van der Waals surface area contributed by atoms with Crippen LogP contribution in [0.15, 0.2) is 60.7 Å². The van der Waals surface area contributed by atoms with E-state index in [0.29, 0.717) is 25.9 Å². The molecule has 6 rings (SSSR count). The van der Waals surface area contributed by atoms with Crippen LogP contribution in [0.25, 0.3) is 0 Å². The fourth-order valence-electron chi connectivity index (χ4n) is 7.31. The van der Waals surface area contributed by atoms with Crippen LogP contribution in [0.5, 0.6) is 0 Å². The van der Waals surface area contributed by atoms with Gasteiger partial charge in [-0.3, -0.25) is 24.0 Å². The number of aryl methyl sites for hydroxylation is 1. The molecule has 1 saturated heterocycles. The summed E-state index contributed by atoms with van der Waals surface area (Å²) in [5, 5.41) is 5.49. The van der Waals surface area contributed by atoms with Crippen LogP contribution in [0.2, 0.25) is 0 Å². The van der Waals surface area contributed by atoms with E-state index in [1.807, 2.05) is 43.3 Å². The summed E-state index contributed by atoms with van der Waals surface area (Å²) in [6, 6.07) is 12.0. The van der Waals surface area contributed by atoms with Crippen molar-refractivity contribution >= 4 is 45.8 Å². The second-order valence-corrected chi connectivity index (χ2v) is 17.2. The summed E-state index contributed by atoms with van der Waals surface area (Å²) in [7, 11) is -4.40. The molecule has 2 aromatic carbocycles. The molecule has 5 amide bonds. The Hall–Kier alpha value is -5.12. The van der Waals surface area contributed by atoms with Crippen molar-refractivity contribution in [3.8, 4) is 0 Å². The Balaban J connectivity index is 1.24. The molecule has 3 aliphatic heterocycles. The third-order valence-electron chi connectivity index (χ3n) is 10.2. The summed E-state index contributed by atoms with van der Waals surface area (Å²) < 4.78 is 42.0. The van der Waals surface area contributed by atoms with Crippen molar-refractivity contribution in [3.63, 3.8) is 0 Å². The highest BCUT2D eigenvalue weighted by molar-refractivity contribution is 7.91. The minimum absolute atomic E-state index is 0.0885. The van der Waals surface area contributed by atoms with Gasteiger partial charge in [0, 0.05) is 25.4 Å². The van der Waals surface area contributed by atoms with Gasteiger partial charge in [-0.15, -0.1) is 0 Å². The Morgan fingerprint density at radius 2 is 1.65 bits per heavy atom. The summed E-state index contributed by atoms with van der Waals surface area (Å²) >= 11 is 0. The van der Waals surface area contributed by atoms with Gasteiger partial charge in [0.2, 0.25) is 11.8 Å². The number of ether oxygens (including phenoxy) is 2. The number of nitrogens with zero attached hydrogens (tertiary/aromatic N) is 2. The SMILES string of the molecule is Cc1ccc(NS(=O)(=O)NC(=O)[C@@]23C[C@H]2C=CCCCCC[C@H](NC(=O)OC(C)(C)C)C(=O)N2C[C@H](OC(=O)N4Cc5ccccc5C4)C[C@H]2C(=O)N3)cc1. The number of anilines is 1. The molecule has 2 fully saturated rings. The zero-order chi connectivity index (χ0) is 39.5. The lowest BCUT2D eigenvalue weighted by Crippen LogP contribution is -2.58. The lowest BCUT2D eigenvalue weighted by molar-refractivity contribution is -0.141. The number of alkyl carbamates (subject to hydrolysis) is 1. The zero-order valence-electron chi connectivity index (χ0n) is 31.6. The number of allylic oxidation sites excluding steroid dienone is 1. The minimum Gasteiger partial charge on any atom is -0.444 e. The zero-order valence-corrected chi connectivity index (χ0v) is 32.4. The first kappa shape index (κ1) is 39.6. The number of amides is 5. The highest BCUT2D eigenvalue weighted by Gasteiger charge is 2.61. The second-order valence-electron chi connectivity index (χ2n) is 15.8. The molecular formula is C39H50N6O9S. The molecule has 0 aromatic heterocycles. The Kier molecular flexibility index (Phi) is 11.5. The highest BCUT2D eigenvalue weighted by atomic mass is 32.2. The monoisotopic (exact) mass is 778 g/mol. The van der Waals surface area contributed by atoms with E-state index >= 15 is 0 Å². The molecule has 3 heterocycles. The molecule has 0 spiro atoms. The first-order valence-corrected chi connectivity index (χ1v) is 20.2. The van der Waals surface area contributed by atoms with Gasteiger partial charge in [0.05, 0.1) is 12.2 Å². The van der Waals surface area contributed by atoms with Gasteiger partial charge in [0.1, 0.15) is 29.3 Å². The summed E-state index contributed by atoms with van der Waals surface area (Å²) in [5.74, 6) is -2.74. The van der Waals surface area contributed by atoms with Crippen molar-refractivity contribution in [1.29, 1.82) is 0 Å². The predicted octanol–water partition coefficient (Wildman–Crippen LogP) is 4.18. The van der Waals surface area contributed by atoms with Crippen LogP contribution in [0, 0.1) is 12.8 Å². The largest absolute Gasteiger partial charge is 0.444 e. The number of carbonyl (C=O) groups is 5. The Bertz CT molecular complexity index is 1920. The molecule has 296 valence electrons. The smallest absolute Gasteiger partial charge is 0.410 e. The maximum atomic E-state index is 14.4. The van der Waals surface area contributed by atoms with Gasteiger partial charge in [-0.2, -0.15) is 8.42 Å². The van der Waals surface area contributed by atoms with Crippen LogP contribution in [0.4, 0.5) is 15.3 Å². The molecule has 0 radical (unpaired) electrons. The molecule has 55 heavy (non-hydrogen) atoms. The first-order valence-electron chi connectivity index (χ1n) is 18.7. The van der Waals surface area contributed by atoms with Gasteiger partial charge in [-0.25, -0.2) is 14.3 Å². The molecule has 0 bridgehead atoms. The lowest BCUT2D eigenvalue weighted by atomic mass is 10.0. The minimum atomic E-state index is -4.40. The summed E-state index contributed by atoms with van der Waals surface area (Å²) in [5.41, 5.74) is 0.697. The number of hydrogen-bond acceptors (Lipinski definition) is 9. The Morgan fingerprint density at radius 1 is 0.964 bits per heavy atom. The van der Waals surface area contributed by atoms with E-state index in [0.717, 1.165) is 29.5 Å². The van der Waals surface area contributed by atoms with Crippen LogP contribution >= 0.6 is 0 Å². The highest BCUT2D eigenvalue weighted by Crippen LogP contribution is 2.46. The van der Waals surface area contributed by atoms with Crippen LogP contribution in [0.1, 0.15) is 82.4 Å². The average molecular weight is 779 g/mol. The van der Waals surface area contributed by atoms with Crippen molar-refractivity contribution in [1.82, 2.24) is 25.2 Å². The standard InChI is InChI=1S/C39H50N6O9S/c1-25-16-18-29(19-17-25)42-55(51,52)43-35(48)39-21-28(39)14-8-6-5-7-9-15-31(40-36(49)54-38(2,3)4)34(47)45-24-30(20-32(45)33(46)41-39)53-37(50)44-22-26-12-10-11-13-27(26)23-44/h8,10-14,16-19,28,30-32,42H,5-7,9,15,20-24H2,1-4H3,(H,40,49)(H,41,46)(H,43,48)/t28-,30-,31+,32+,39-/m1/s1. The number of nitrogens with one attached hydrogen (secondary N) is 4. The van der Waals surface area contributed by atoms with Crippen molar-refractivity contribution in [3.05, 3.63) is 77.4 Å². The van der Waals surface area contributed by atoms with Gasteiger partial charge in [-0.1, -0.05) is 67.0 Å². The van der Waals surface area contributed by atoms with E-state index in [-0.39, 0.29) is 31.5 Å². The van der Waals surface area contributed by atoms with Gasteiger partial charge >= 0.3 is 22.4 Å². The summed E-state index contributed by atoms with van der Waals surface area (Å²) in [4.78, 5) is 71.7. The fraction of sp³-hybridized carbons (Fsp3) is 0.513. The molecule has 4 N–H and O–H groups in total. The summed E-state index contributed by atoms with van der Waals surface area (Å²) in [6.07, 6.45) is 4.44. The number of fused-ring (bicyclic) bond motifs is 3. The van der Waals surface area contributed by atoms with Crippen LogP contribution in [-0.4, -0.2) is 84.0 Å². The molecule has 0 unspecified atom stereocenters. The quantitative estimate of drug-likeness (QED) is 0.312. The van der Waals surface area contributed by atoms with E-state index < -0.39 is 75.4 Å². The van der Waals surface area contributed by atoms with Gasteiger partial charge in [0.15, 0.2) is 0 Å². The van der Waals surface area contributed by atoms with E-state index in [9.17, 15) is 32.4 Å². The lowest BCUT2D eigenvalue weighted by Gasteiger charge is -2.30. The second kappa shape index (κ2) is 15.9. The van der Waals surface area contributed by atoms with Gasteiger partial charge in [0.25, 0.3) is 5.91 Å².